The molecular formula is C23H23N5O3. The third-order valence-electron chi connectivity index (χ3n) is 5.57. The molecule has 2 unspecified atom stereocenters. The van der Waals surface area contributed by atoms with E-state index in [2.05, 4.69) is 15.0 Å². The summed E-state index contributed by atoms with van der Waals surface area (Å²) in [7, 11) is 0. The second-order valence-electron chi connectivity index (χ2n) is 8.11. The minimum atomic E-state index is -0.579. The zero-order valence-corrected chi connectivity index (χ0v) is 17.0. The van der Waals surface area contributed by atoms with Crippen molar-refractivity contribution in [3.63, 3.8) is 0 Å². The highest BCUT2D eigenvalue weighted by Crippen LogP contribution is 2.31. The Hall–Kier alpha value is -3.52. The van der Waals surface area contributed by atoms with E-state index in [1.54, 1.807) is 19.2 Å². The number of H-pyrrole nitrogens is 2. The van der Waals surface area contributed by atoms with Gasteiger partial charge in [-0.05, 0) is 43.5 Å². The van der Waals surface area contributed by atoms with Gasteiger partial charge < -0.3 is 15.2 Å². The standard InChI is InChI=1S/C23H23N5O3/c1-12(29)13-3-2-4-14(7-13)17-10-20(25-16-5-6-16)19-9-18(26-17)15(11-24-19)8-21-22(30)28-23(31)27-21/h2-4,7-8,10-12,16,19,29-30H,5-6,9H2,1H3,(H2,27,28,31). The van der Waals surface area contributed by atoms with Crippen LogP contribution in [0.2, 0.25) is 0 Å². The van der Waals surface area contributed by atoms with E-state index in [-0.39, 0.29) is 17.6 Å². The first-order valence-corrected chi connectivity index (χ1v) is 10.4. The number of aliphatic hydroxyl groups excluding tert-OH is 1. The molecule has 2 bridgehead atoms. The maximum Gasteiger partial charge on any atom is 0.326 e. The first-order chi connectivity index (χ1) is 15.0. The number of rotatable bonds is 4. The predicted molar refractivity (Wildman–Crippen MR) is 121 cm³/mol. The molecule has 1 fully saturated rings. The van der Waals surface area contributed by atoms with Crippen LogP contribution in [0, 0.1) is 0 Å². The lowest BCUT2D eigenvalue weighted by atomic mass is 9.97. The van der Waals surface area contributed by atoms with Gasteiger partial charge in [-0.25, -0.2) is 4.79 Å². The highest BCUT2D eigenvalue weighted by atomic mass is 16.3. The number of nitrogens with one attached hydrogen (secondary N) is 2. The highest BCUT2D eigenvalue weighted by molar-refractivity contribution is 6.26. The molecule has 2 aromatic rings. The van der Waals surface area contributed by atoms with Gasteiger partial charge in [0.15, 0.2) is 0 Å². The third kappa shape index (κ3) is 4.06. The van der Waals surface area contributed by atoms with Crippen molar-refractivity contribution < 1.29 is 10.2 Å². The Bertz CT molecular complexity index is 1240. The largest absolute Gasteiger partial charge is 0.493 e. The molecule has 31 heavy (non-hydrogen) atoms. The molecule has 0 saturated heterocycles. The number of aliphatic hydroxyl groups is 1. The second-order valence-corrected chi connectivity index (χ2v) is 8.11. The summed E-state index contributed by atoms with van der Waals surface area (Å²) < 4.78 is 0. The molecule has 8 heteroatoms. The number of fused-ring (bicyclic) bond motifs is 2. The fourth-order valence-electron chi connectivity index (χ4n) is 3.72. The maximum absolute atomic E-state index is 11.5. The Morgan fingerprint density at radius 1 is 1.29 bits per heavy atom. The Balaban J connectivity index is 1.62. The number of aromatic hydroxyl groups is 1. The summed E-state index contributed by atoms with van der Waals surface area (Å²) in [4.78, 5) is 30.9. The van der Waals surface area contributed by atoms with Gasteiger partial charge in [-0.2, -0.15) is 0 Å². The van der Waals surface area contributed by atoms with Crippen molar-refractivity contribution in [3.05, 3.63) is 63.2 Å². The van der Waals surface area contributed by atoms with E-state index >= 15 is 0 Å². The zero-order chi connectivity index (χ0) is 21.5. The summed E-state index contributed by atoms with van der Waals surface area (Å²) in [6.07, 6.45) is 7.58. The fourth-order valence-corrected chi connectivity index (χ4v) is 3.72. The minimum absolute atomic E-state index is 0.118. The van der Waals surface area contributed by atoms with Crippen LogP contribution in [0.5, 0.6) is 5.88 Å². The van der Waals surface area contributed by atoms with Gasteiger partial charge >= 0.3 is 5.69 Å². The van der Waals surface area contributed by atoms with E-state index in [0.717, 1.165) is 41.1 Å². The summed E-state index contributed by atoms with van der Waals surface area (Å²) in [6, 6.07) is 7.92. The number of aromatic nitrogens is 2. The molecule has 2 atom stereocenters. The summed E-state index contributed by atoms with van der Waals surface area (Å²) in [5.41, 5.74) is 4.68. The molecule has 5 rings (SSSR count). The van der Waals surface area contributed by atoms with E-state index in [4.69, 9.17) is 9.98 Å². The molecule has 1 aliphatic carbocycles. The van der Waals surface area contributed by atoms with Crippen molar-refractivity contribution >= 4 is 29.4 Å². The smallest absolute Gasteiger partial charge is 0.326 e. The Labute approximate surface area is 178 Å². The van der Waals surface area contributed by atoms with Crippen LogP contribution in [0.25, 0.3) is 11.8 Å². The van der Waals surface area contributed by atoms with E-state index in [9.17, 15) is 15.0 Å². The number of benzene rings is 1. The number of nitrogens with zero attached hydrogens (tertiary/aromatic N) is 3. The molecule has 3 heterocycles. The number of hydrogen-bond donors (Lipinski definition) is 4. The lowest BCUT2D eigenvalue weighted by Gasteiger charge is -2.18. The van der Waals surface area contributed by atoms with Gasteiger partial charge in [0.05, 0.1) is 35.3 Å². The van der Waals surface area contributed by atoms with E-state index in [1.165, 1.54) is 0 Å². The van der Waals surface area contributed by atoms with Gasteiger partial charge in [-0.15, -0.1) is 0 Å². The highest BCUT2D eigenvalue weighted by Gasteiger charge is 2.29. The van der Waals surface area contributed by atoms with Crippen LogP contribution in [0.3, 0.4) is 0 Å². The number of imidazole rings is 1. The van der Waals surface area contributed by atoms with Crippen LogP contribution in [-0.4, -0.2) is 49.9 Å². The quantitative estimate of drug-likeness (QED) is 0.611. The number of hydrogen-bond acceptors (Lipinski definition) is 6. The third-order valence-corrected chi connectivity index (χ3v) is 5.57. The Morgan fingerprint density at radius 3 is 2.84 bits per heavy atom. The van der Waals surface area contributed by atoms with Crippen LogP contribution in [0.4, 0.5) is 0 Å². The van der Waals surface area contributed by atoms with Crippen molar-refractivity contribution in [2.45, 2.75) is 44.4 Å². The molecule has 158 valence electrons. The van der Waals surface area contributed by atoms with Crippen LogP contribution >= 0.6 is 0 Å². The summed E-state index contributed by atoms with van der Waals surface area (Å²) in [6.45, 7) is 1.73. The summed E-state index contributed by atoms with van der Waals surface area (Å²) in [5, 5.41) is 19.9. The van der Waals surface area contributed by atoms with E-state index in [1.807, 2.05) is 30.3 Å². The van der Waals surface area contributed by atoms with Gasteiger partial charge in [0, 0.05) is 23.8 Å². The molecule has 0 radical (unpaired) electrons. The first kappa shape index (κ1) is 19.4. The van der Waals surface area contributed by atoms with Gasteiger partial charge in [-0.1, -0.05) is 18.2 Å². The first-order valence-electron chi connectivity index (χ1n) is 10.4. The van der Waals surface area contributed by atoms with Crippen molar-refractivity contribution in [3.8, 4) is 5.88 Å². The molecule has 3 aliphatic rings. The SMILES string of the molecule is CC(O)c1cccc(C2=CC(=NC3CC3)C3CC(=N2)C(=Cc2[nH]c(=O)[nH]c2O)C=N3)c1. The molecule has 2 aliphatic heterocycles. The van der Waals surface area contributed by atoms with Crippen molar-refractivity contribution in [1.82, 2.24) is 9.97 Å². The second kappa shape index (κ2) is 7.63. The van der Waals surface area contributed by atoms with Crippen LogP contribution < -0.4 is 5.69 Å². The zero-order valence-electron chi connectivity index (χ0n) is 17.0. The van der Waals surface area contributed by atoms with Crippen LogP contribution in [0.15, 0.2) is 55.7 Å². The summed E-state index contributed by atoms with van der Waals surface area (Å²) >= 11 is 0. The van der Waals surface area contributed by atoms with E-state index in [0.29, 0.717) is 18.0 Å². The Morgan fingerprint density at radius 2 is 2.13 bits per heavy atom. The molecular weight excluding hydrogens is 394 g/mol. The monoisotopic (exact) mass is 417 g/mol. The lowest BCUT2D eigenvalue weighted by Crippen LogP contribution is -2.25. The molecule has 1 aromatic heterocycles. The average molecular weight is 417 g/mol. The van der Waals surface area contributed by atoms with E-state index < -0.39 is 11.8 Å². The normalized spacial score (nSPS) is 24.1. The molecule has 1 saturated carbocycles. The molecule has 8 nitrogen and oxygen atoms in total. The van der Waals surface area contributed by atoms with Crippen molar-refractivity contribution in [2.24, 2.45) is 15.0 Å². The minimum Gasteiger partial charge on any atom is -0.493 e. The number of allylic oxidation sites excluding steroid dienone is 1. The van der Waals surface area contributed by atoms with Gasteiger partial charge in [-0.3, -0.25) is 20.0 Å². The Kier molecular flexibility index (Phi) is 4.78. The fraction of sp³-hybridized carbons (Fsp3) is 0.304. The molecule has 0 spiro atoms. The molecule has 1 aromatic carbocycles. The average Bonchev–Trinajstić information content (AvgIpc) is 3.52. The summed E-state index contributed by atoms with van der Waals surface area (Å²) in [5.74, 6) is -0.223. The van der Waals surface area contributed by atoms with Crippen molar-refractivity contribution in [1.29, 1.82) is 0 Å². The van der Waals surface area contributed by atoms with Gasteiger partial charge in [0.25, 0.3) is 0 Å². The van der Waals surface area contributed by atoms with Gasteiger partial charge in [0.2, 0.25) is 5.88 Å². The molecule has 0 amide bonds. The number of aliphatic imine (C=N–C) groups is 3. The van der Waals surface area contributed by atoms with Crippen molar-refractivity contribution in [2.75, 3.05) is 0 Å². The topological polar surface area (TPSA) is 126 Å². The molecule has 4 N–H and O–H groups in total. The predicted octanol–water partition coefficient (Wildman–Crippen LogP) is 2.79. The lowest BCUT2D eigenvalue weighted by molar-refractivity contribution is 0.199. The van der Waals surface area contributed by atoms with Gasteiger partial charge in [0.1, 0.15) is 5.69 Å². The van der Waals surface area contributed by atoms with Crippen LogP contribution in [0.1, 0.15) is 49.1 Å². The maximum atomic E-state index is 11.5. The van der Waals surface area contributed by atoms with Crippen LogP contribution in [-0.2, 0) is 0 Å². The number of aromatic amines is 2.